The summed E-state index contributed by atoms with van der Waals surface area (Å²) in [7, 11) is 0. The maximum absolute atomic E-state index is 13.8. The van der Waals surface area contributed by atoms with Gasteiger partial charge in [0.1, 0.15) is 11.6 Å². The van der Waals surface area contributed by atoms with Gasteiger partial charge in [-0.05, 0) is 19.1 Å². The third kappa shape index (κ3) is 2.47. The molecule has 1 aromatic carbocycles. The number of rotatable bonds is 4. The fourth-order valence-electron chi connectivity index (χ4n) is 2.00. The highest BCUT2D eigenvalue weighted by Crippen LogP contribution is 2.30. The van der Waals surface area contributed by atoms with Crippen LogP contribution in [0, 0.1) is 11.6 Å². The minimum absolute atomic E-state index is 0.179. The Kier molecular flexibility index (Phi) is 4.14. The highest BCUT2D eigenvalue weighted by atomic mass is 35.5. The van der Waals surface area contributed by atoms with Gasteiger partial charge in [0.05, 0.1) is 23.0 Å². The van der Waals surface area contributed by atoms with E-state index in [0.29, 0.717) is 17.3 Å². The van der Waals surface area contributed by atoms with Crippen molar-refractivity contribution in [2.24, 2.45) is 5.84 Å². The highest BCUT2D eigenvalue weighted by molar-refractivity contribution is 6.31. The molecule has 0 bridgehead atoms. The fraction of sp³-hybridized carbons (Fsp3) is 0.250. The summed E-state index contributed by atoms with van der Waals surface area (Å²) in [6, 6.07) is 2.73. The molecule has 0 amide bonds. The Morgan fingerprint density at radius 1 is 1.42 bits per heavy atom. The molecule has 1 heterocycles. The molecule has 0 fully saturated rings. The number of aromatic nitrogens is 2. The van der Waals surface area contributed by atoms with Crippen molar-refractivity contribution in [2.75, 3.05) is 0 Å². The predicted molar refractivity (Wildman–Crippen MR) is 68.4 cm³/mol. The van der Waals surface area contributed by atoms with Crippen LogP contribution in [0.1, 0.15) is 24.2 Å². The third-order valence-corrected chi connectivity index (χ3v) is 3.15. The summed E-state index contributed by atoms with van der Waals surface area (Å²) >= 11 is 6.03. The van der Waals surface area contributed by atoms with Gasteiger partial charge in [-0.25, -0.2) is 14.2 Å². The molecule has 1 unspecified atom stereocenters. The monoisotopic (exact) mass is 286 g/mol. The smallest absolute Gasteiger partial charge is 0.131 e. The van der Waals surface area contributed by atoms with Crippen LogP contribution in [0.15, 0.2) is 24.4 Å². The van der Waals surface area contributed by atoms with Gasteiger partial charge in [-0.1, -0.05) is 17.7 Å². The number of hydrogen-bond donors (Lipinski definition) is 2. The molecule has 0 saturated heterocycles. The first-order valence-electron chi connectivity index (χ1n) is 5.71. The van der Waals surface area contributed by atoms with Gasteiger partial charge in [0.25, 0.3) is 0 Å². The van der Waals surface area contributed by atoms with Crippen LogP contribution in [0.2, 0.25) is 5.02 Å². The van der Waals surface area contributed by atoms with Gasteiger partial charge >= 0.3 is 0 Å². The highest BCUT2D eigenvalue weighted by Gasteiger charge is 2.26. The predicted octanol–water partition coefficient (Wildman–Crippen LogP) is 2.39. The van der Waals surface area contributed by atoms with E-state index in [9.17, 15) is 8.78 Å². The topological polar surface area (TPSA) is 55.9 Å². The van der Waals surface area contributed by atoms with E-state index in [1.807, 2.05) is 6.92 Å². The molecule has 0 radical (unpaired) electrons. The van der Waals surface area contributed by atoms with E-state index in [4.69, 9.17) is 17.4 Å². The Hall–Kier alpha value is -1.50. The molecule has 3 N–H and O–H groups in total. The average molecular weight is 287 g/mol. The van der Waals surface area contributed by atoms with Crippen LogP contribution < -0.4 is 11.3 Å². The molecule has 0 aliphatic carbocycles. The van der Waals surface area contributed by atoms with Crippen LogP contribution in [0.3, 0.4) is 0 Å². The molecule has 1 atom stereocenters. The van der Waals surface area contributed by atoms with Gasteiger partial charge in [0.15, 0.2) is 0 Å². The van der Waals surface area contributed by atoms with E-state index in [1.54, 1.807) is 4.68 Å². The van der Waals surface area contributed by atoms with Crippen molar-refractivity contribution in [3.8, 4) is 0 Å². The Balaban J connectivity index is 2.59. The fourth-order valence-corrected chi connectivity index (χ4v) is 2.25. The van der Waals surface area contributed by atoms with E-state index >= 15 is 0 Å². The molecule has 19 heavy (non-hydrogen) atoms. The number of aryl methyl sites for hydroxylation is 1. The van der Waals surface area contributed by atoms with E-state index in [1.165, 1.54) is 24.4 Å². The quantitative estimate of drug-likeness (QED) is 0.670. The molecular formula is C12H13ClF2N4. The second-order valence-corrected chi connectivity index (χ2v) is 4.34. The minimum Gasteiger partial charge on any atom is -0.271 e. The van der Waals surface area contributed by atoms with Crippen molar-refractivity contribution in [1.82, 2.24) is 15.2 Å². The van der Waals surface area contributed by atoms with Crippen molar-refractivity contribution >= 4 is 11.6 Å². The van der Waals surface area contributed by atoms with Crippen molar-refractivity contribution in [3.63, 3.8) is 0 Å². The zero-order valence-electron chi connectivity index (χ0n) is 10.2. The number of nitrogens with two attached hydrogens (primary N) is 1. The van der Waals surface area contributed by atoms with Crippen molar-refractivity contribution in [2.45, 2.75) is 19.5 Å². The number of benzene rings is 1. The molecule has 0 aliphatic heterocycles. The Bertz CT molecular complexity index is 565. The average Bonchev–Trinajstić information content (AvgIpc) is 2.75. The molecule has 2 rings (SSSR count). The second kappa shape index (κ2) is 5.64. The van der Waals surface area contributed by atoms with Gasteiger partial charge in [-0.3, -0.25) is 10.5 Å². The van der Waals surface area contributed by atoms with Crippen LogP contribution >= 0.6 is 11.6 Å². The van der Waals surface area contributed by atoms with E-state index in [0.717, 1.165) is 0 Å². The number of nitrogens with one attached hydrogen (secondary N) is 1. The summed E-state index contributed by atoms with van der Waals surface area (Å²) in [6.07, 6.45) is 1.42. The maximum Gasteiger partial charge on any atom is 0.131 e. The Morgan fingerprint density at radius 3 is 2.58 bits per heavy atom. The lowest BCUT2D eigenvalue weighted by Crippen LogP contribution is -2.32. The Morgan fingerprint density at radius 2 is 2.05 bits per heavy atom. The van der Waals surface area contributed by atoms with Crippen LogP contribution in [-0.4, -0.2) is 9.78 Å². The van der Waals surface area contributed by atoms with Crippen LogP contribution in [0.25, 0.3) is 0 Å². The van der Waals surface area contributed by atoms with E-state index < -0.39 is 17.7 Å². The molecule has 0 aliphatic rings. The SMILES string of the molecule is CCn1ncc(Cl)c1C(NN)c1c(F)cccc1F. The first-order valence-corrected chi connectivity index (χ1v) is 6.09. The maximum atomic E-state index is 13.8. The molecule has 2 aromatic rings. The standard InChI is InChI=1S/C12H13ClF2N4/c1-2-19-12(7(13)6-17-19)11(18-16)10-8(14)4-3-5-9(10)15/h3-6,11,18H,2,16H2,1H3. The molecule has 0 saturated carbocycles. The van der Waals surface area contributed by atoms with Crippen LogP contribution in [0.5, 0.6) is 0 Å². The van der Waals surface area contributed by atoms with Gasteiger partial charge in [-0.2, -0.15) is 5.10 Å². The normalized spacial score (nSPS) is 12.7. The summed E-state index contributed by atoms with van der Waals surface area (Å²) in [4.78, 5) is 0. The summed E-state index contributed by atoms with van der Waals surface area (Å²) < 4.78 is 29.2. The van der Waals surface area contributed by atoms with Gasteiger partial charge < -0.3 is 0 Å². The molecule has 1 aromatic heterocycles. The molecule has 7 heteroatoms. The number of nitrogens with zero attached hydrogens (tertiary/aromatic N) is 2. The van der Waals surface area contributed by atoms with Crippen molar-refractivity contribution in [1.29, 1.82) is 0 Å². The lowest BCUT2D eigenvalue weighted by atomic mass is 10.0. The molecule has 102 valence electrons. The molecule has 0 spiro atoms. The van der Waals surface area contributed by atoms with E-state index in [-0.39, 0.29) is 5.56 Å². The van der Waals surface area contributed by atoms with Crippen molar-refractivity contribution < 1.29 is 8.78 Å². The van der Waals surface area contributed by atoms with Gasteiger partial charge in [0.2, 0.25) is 0 Å². The molecule has 4 nitrogen and oxygen atoms in total. The van der Waals surface area contributed by atoms with Crippen LogP contribution in [-0.2, 0) is 6.54 Å². The first kappa shape index (κ1) is 13.9. The third-order valence-electron chi connectivity index (χ3n) is 2.86. The van der Waals surface area contributed by atoms with Crippen molar-refractivity contribution in [3.05, 3.63) is 52.3 Å². The Labute approximate surface area is 114 Å². The lowest BCUT2D eigenvalue weighted by Gasteiger charge is -2.19. The number of hydrazine groups is 1. The first-order chi connectivity index (χ1) is 9.10. The van der Waals surface area contributed by atoms with E-state index in [2.05, 4.69) is 10.5 Å². The minimum atomic E-state index is -0.906. The summed E-state index contributed by atoms with van der Waals surface area (Å²) in [5, 5.41) is 4.33. The number of halogens is 3. The van der Waals surface area contributed by atoms with Crippen LogP contribution in [0.4, 0.5) is 8.78 Å². The summed E-state index contributed by atoms with van der Waals surface area (Å²) in [5.74, 6) is 4.06. The largest absolute Gasteiger partial charge is 0.271 e. The zero-order valence-corrected chi connectivity index (χ0v) is 11.0. The summed E-state index contributed by atoms with van der Waals surface area (Å²) in [6.45, 7) is 2.36. The van der Waals surface area contributed by atoms with Gasteiger partial charge in [0, 0.05) is 12.1 Å². The zero-order chi connectivity index (χ0) is 14.0. The van der Waals surface area contributed by atoms with Gasteiger partial charge in [-0.15, -0.1) is 0 Å². The number of hydrogen-bond acceptors (Lipinski definition) is 3. The molecular weight excluding hydrogens is 274 g/mol. The summed E-state index contributed by atoms with van der Waals surface area (Å²) in [5.41, 5.74) is 2.64. The lowest BCUT2D eigenvalue weighted by molar-refractivity contribution is 0.484. The second-order valence-electron chi connectivity index (χ2n) is 3.93.